The van der Waals surface area contributed by atoms with E-state index < -0.39 is 0 Å². The molecular formula is C10H15N7O. The third kappa shape index (κ3) is 2.72. The first kappa shape index (κ1) is 12.2. The molecule has 0 spiro atoms. The third-order valence-corrected chi connectivity index (χ3v) is 2.44. The summed E-state index contributed by atoms with van der Waals surface area (Å²) in [7, 11) is 1.69. The molecule has 0 saturated heterocycles. The Morgan fingerprint density at radius 2 is 2.39 bits per heavy atom. The summed E-state index contributed by atoms with van der Waals surface area (Å²) in [4.78, 5) is 21.6. The van der Waals surface area contributed by atoms with Crippen LogP contribution in [0.2, 0.25) is 0 Å². The average molecular weight is 249 g/mol. The molecule has 3 N–H and O–H groups in total. The first-order valence-electron chi connectivity index (χ1n) is 5.52. The van der Waals surface area contributed by atoms with E-state index in [2.05, 4.69) is 20.2 Å². The number of H-pyrrole nitrogens is 1. The van der Waals surface area contributed by atoms with E-state index in [1.54, 1.807) is 24.1 Å². The molecule has 0 fully saturated rings. The van der Waals surface area contributed by atoms with Gasteiger partial charge in [0.25, 0.3) is 5.91 Å². The minimum atomic E-state index is -0.165. The van der Waals surface area contributed by atoms with Crippen LogP contribution in [0.3, 0.4) is 0 Å². The summed E-state index contributed by atoms with van der Waals surface area (Å²) < 4.78 is 1.79. The van der Waals surface area contributed by atoms with Crippen molar-refractivity contribution in [3.05, 3.63) is 30.4 Å². The first-order chi connectivity index (χ1) is 8.70. The number of amides is 1. The van der Waals surface area contributed by atoms with Gasteiger partial charge in [0.2, 0.25) is 0 Å². The van der Waals surface area contributed by atoms with E-state index in [1.165, 1.54) is 11.2 Å². The zero-order valence-electron chi connectivity index (χ0n) is 10.1. The van der Waals surface area contributed by atoms with Crippen molar-refractivity contribution in [3.8, 4) is 0 Å². The van der Waals surface area contributed by atoms with Crippen LogP contribution in [0.4, 0.5) is 0 Å². The number of imidazole rings is 1. The van der Waals surface area contributed by atoms with Crippen LogP contribution >= 0.6 is 0 Å². The van der Waals surface area contributed by atoms with Crippen molar-refractivity contribution in [2.75, 3.05) is 13.6 Å². The van der Waals surface area contributed by atoms with Crippen molar-refractivity contribution < 1.29 is 4.79 Å². The average Bonchev–Trinajstić information content (AvgIpc) is 3.00. The Balaban J connectivity index is 2.01. The Bertz CT molecular complexity index is 504. The van der Waals surface area contributed by atoms with Gasteiger partial charge in [-0.3, -0.25) is 9.89 Å². The fraction of sp³-hybridized carbons (Fsp3) is 0.400. The number of carbonyl (C=O) groups excluding carboxylic acids is 1. The maximum atomic E-state index is 12.0. The smallest absolute Gasteiger partial charge is 0.274 e. The van der Waals surface area contributed by atoms with Crippen molar-refractivity contribution in [2.24, 2.45) is 5.73 Å². The number of aromatic nitrogens is 5. The van der Waals surface area contributed by atoms with Crippen molar-refractivity contribution in [3.63, 3.8) is 0 Å². The van der Waals surface area contributed by atoms with Crippen molar-refractivity contribution in [2.45, 2.75) is 13.1 Å². The van der Waals surface area contributed by atoms with E-state index in [0.29, 0.717) is 31.2 Å². The maximum Gasteiger partial charge on any atom is 0.274 e. The molecule has 0 bridgehead atoms. The van der Waals surface area contributed by atoms with Crippen molar-refractivity contribution in [1.29, 1.82) is 0 Å². The fourth-order valence-corrected chi connectivity index (χ4v) is 1.54. The number of nitrogens with two attached hydrogens (primary N) is 1. The van der Waals surface area contributed by atoms with Gasteiger partial charge in [-0.2, -0.15) is 5.10 Å². The Morgan fingerprint density at radius 1 is 1.56 bits per heavy atom. The molecule has 96 valence electrons. The van der Waals surface area contributed by atoms with E-state index >= 15 is 0 Å². The highest BCUT2D eigenvalue weighted by molar-refractivity contribution is 5.91. The van der Waals surface area contributed by atoms with Crippen LogP contribution in [0.1, 0.15) is 16.3 Å². The van der Waals surface area contributed by atoms with Crippen LogP contribution < -0.4 is 5.73 Å². The highest BCUT2D eigenvalue weighted by Crippen LogP contribution is 2.03. The highest BCUT2D eigenvalue weighted by atomic mass is 16.2. The van der Waals surface area contributed by atoms with Crippen LogP contribution in [0.15, 0.2) is 18.9 Å². The van der Waals surface area contributed by atoms with Gasteiger partial charge in [-0.05, 0) is 0 Å². The summed E-state index contributed by atoms with van der Waals surface area (Å²) in [6.07, 6.45) is 4.69. The molecule has 2 rings (SSSR count). The minimum Gasteiger partial charge on any atom is -0.335 e. The van der Waals surface area contributed by atoms with E-state index in [4.69, 9.17) is 5.73 Å². The fourth-order valence-electron chi connectivity index (χ4n) is 1.54. The van der Waals surface area contributed by atoms with E-state index in [-0.39, 0.29) is 5.91 Å². The van der Waals surface area contributed by atoms with Gasteiger partial charge in [-0.25, -0.2) is 9.97 Å². The second kappa shape index (κ2) is 5.41. The maximum absolute atomic E-state index is 12.0. The number of aromatic amines is 1. The SMILES string of the molecule is CN(Cc1ncn[nH]1)C(=O)c1cn(CCN)cn1. The molecular weight excluding hydrogens is 234 g/mol. The van der Waals surface area contributed by atoms with Gasteiger partial charge < -0.3 is 15.2 Å². The Labute approximate surface area is 104 Å². The third-order valence-electron chi connectivity index (χ3n) is 2.44. The van der Waals surface area contributed by atoms with Gasteiger partial charge >= 0.3 is 0 Å². The molecule has 0 aliphatic carbocycles. The summed E-state index contributed by atoms with van der Waals surface area (Å²) in [5.74, 6) is 0.467. The van der Waals surface area contributed by atoms with Gasteiger partial charge in [0.1, 0.15) is 17.8 Å². The molecule has 2 aromatic rings. The van der Waals surface area contributed by atoms with Crippen LogP contribution in [0.25, 0.3) is 0 Å². The quantitative estimate of drug-likeness (QED) is 0.724. The normalized spacial score (nSPS) is 10.6. The van der Waals surface area contributed by atoms with Gasteiger partial charge in [-0.1, -0.05) is 0 Å². The summed E-state index contributed by atoms with van der Waals surface area (Å²) in [6, 6.07) is 0. The molecule has 18 heavy (non-hydrogen) atoms. The molecule has 0 aliphatic rings. The molecule has 0 saturated carbocycles. The van der Waals surface area contributed by atoms with E-state index in [0.717, 1.165) is 0 Å². The largest absolute Gasteiger partial charge is 0.335 e. The summed E-state index contributed by atoms with van der Waals surface area (Å²) in [5, 5.41) is 6.43. The summed E-state index contributed by atoms with van der Waals surface area (Å²) >= 11 is 0. The van der Waals surface area contributed by atoms with Gasteiger partial charge in [0.15, 0.2) is 0 Å². The number of nitrogens with one attached hydrogen (secondary N) is 1. The molecule has 0 atom stereocenters. The predicted molar refractivity (Wildman–Crippen MR) is 63.5 cm³/mol. The number of nitrogens with zero attached hydrogens (tertiary/aromatic N) is 5. The topological polar surface area (TPSA) is 106 Å². The number of rotatable bonds is 5. The number of hydrogen-bond donors (Lipinski definition) is 2. The Hall–Kier alpha value is -2.22. The van der Waals surface area contributed by atoms with Crippen LogP contribution in [-0.2, 0) is 13.1 Å². The van der Waals surface area contributed by atoms with Gasteiger partial charge in [0, 0.05) is 26.3 Å². The lowest BCUT2D eigenvalue weighted by Gasteiger charge is -2.13. The summed E-state index contributed by atoms with van der Waals surface area (Å²) in [5.41, 5.74) is 5.83. The molecule has 2 heterocycles. The second-order valence-corrected chi connectivity index (χ2v) is 3.88. The van der Waals surface area contributed by atoms with Crippen molar-refractivity contribution >= 4 is 5.91 Å². The Kier molecular flexibility index (Phi) is 3.68. The lowest BCUT2D eigenvalue weighted by molar-refractivity contribution is 0.0776. The number of hydrogen-bond acceptors (Lipinski definition) is 5. The van der Waals surface area contributed by atoms with Crippen LogP contribution in [0.5, 0.6) is 0 Å². The van der Waals surface area contributed by atoms with E-state index in [1.807, 2.05) is 0 Å². The first-order valence-corrected chi connectivity index (χ1v) is 5.52. The lowest BCUT2D eigenvalue weighted by Crippen LogP contribution is -2.27. The molecule has 0 unspecified atom stereocenters. The molecule has 0 radical (unpaired) electrons. The van der Waals surface area contributed by atoms with Gasteiger partial charge in [0.05, 0.1) is 12.9 Å². The number of carbonyl (C=O) groups is 1. The van der Waals surface area contributed by atoms with Gasteiger partial charge in [-0.15, -0.1) is 0 Å². The highest BCUT2D eigenvalue weighted by Gasteiger charge is 2.15. The zero-order chi connectivity index (χ0) is 13.0. The van der Waals surface area contributed by atoms with E-state index in [9.17, 15) is 4.79 Å². The minimum absolute atomic E-state index is 0.165. The zero-order valence-corrected chi connectivity index (χ0v) is 10.1. The van der Waals surface area contributed by atoms with Crippen LogP contribution in [-0.4, -0.2) is 49.1 Å². The lowest BCUT2D eigenvalue weighted by atomic mass is 10.4. The molecule has 1 amide bonds. The molecule has 2 aromatic heterocycles. The second-order valence-electron chi connectivity index (χ2n) is 3.88. The standard InChI is InChI=1S/C10H15N7O/c1-16(5-9-12-6-14-15-9)10(18)8-4-17(3-2-11)7-13-8/h4,6-7H,2-3,5,11H2,1H3,(H,12,14,15). The monoisotopic (exact) mass is 249 g/mol. The summed E-state index contributed by atoms with van der Waals surface area (Å²) in [6.45, 7) is 1.52. The predicted octanol–water partition coefficient (Wildman–Crippen LogP) is -0.768. The van der Waals surface area contributed by atoms with Crippen LogP contribution in [0, 0.1) is 0 Å². The molecule has 8 heteroatoms. The molecule has 8 nitrogen and oxygen atoms in total. The Morgan fingerprint density at radius 3 is 3.06 bits per heavy atom. The molecule has 0 aliphatic heterocycles. The van der Waals surface area contributed by atoms with Crippen molar-refractivity contribution in [1.82, 2.24) is 29.6 Å². The molecule has 0 aromatic carbocycles.